The Morgan fingerprint density at radius 2 is 2.00 bits per heavy atom. The number of anilines is 1. The summed E-state index contributed by atoms with van der Waals surface area (Å²) in [7, 11) is 3.17. The fraction of sp³-hybridized carbons (Fsp3) is 0.542. The first-order valence-corrected chi connectivity index (χ1v) is 11.3. The average molecular weight is 440 g/mol. The van der Waals surface area contributed by atoms with Gasteiger partial charge in [0.1, 0.15) is 0 Å². The molecule has 3 heterocycles. The molecular formula is C24H30FN5O2. The van der Waals surface area contributed by atoms with E-state index in [0.29, 0.717) is 40.9 Å². The molecule has 2 aliphatic heterocycles. The molecule has 2 aromatic rings. The fourth-order valence-electron chi connectivity index (χ4n) is 5.75. The molecule has 7 nitrogen and oxygen atoms in total. The van der Waals surface area contributed by atoms with Crippen LogP contribution < -0.4 is 20.9 Å². The topological polar surface area (TPSA) is 85.7 Å². The normalized spacial score (nSPS) is 24.0. The summed E-state index contributed by atoms with van der Waals surface area (Å²) in [5.41, 5.74) is 8.79. The van der Waals surface area contributed by atoms with Crippen LogP contribution in [0.5, 0.6) is 5.75 Å². The Morgan fingerprint density at radius 1 is 1.25 bits per heavy atom. The van der Waals surface area contributed by atoms with Crippen LogP contribution in [0.15, 0.2) is 28.0 Å². The summed E-state index contributed by atoms with van der Waals surface area (Å²) in [6, 6.07) is 4.88. The fourth-order valence-corrected chi connectivity index (χ4v) is 5.75. The molecule has 5 rings (SSSR count). The van der Waals surface area contributed by atoms with Crippen molar-refractivity contribution in [2.45, 2.75) is 45.2 Å². The molecule has 1 aliphatic carbocycles. The number of fused-ring (bicyclic) bond motifs is 1. The number of piperidine rings is 1. The first-order valence-electron chi connectivity index (χ1n) is 11.3. The molecule has 0 amide bonds. The second-order valence-electron chi connectivity index (χ2n) is 9.50. The highest BCUT2D eigenvalue weighted by Gasteiger charge is 2.46. The Morgan fingerprint density at radius 3 is 2.62 bits per heavy atom. The van der Waals surface area contributed by atoms with Crippen molar-refractivity contribution < 1.29 is 9.13 Å². The van der Waals surface area contributed by atoms with Gasteiger partial charge in [-0.3, -0.25) is 14.4 Å². The van der Waals surface area contributed by atoms with Crippen LogP contribution in [0, 0.1) is 17.2 Å². The highest BCUT2D eigenvalue weighted by molar-refractivity contribution is 6.14. The lowest BCUT2D eigenvalue weighted by molar-refractivity contribution is 0.185. The van der Waals surface area contributed by atoms with Gasteiger partial charge < -0.3 is 15.4 Å². The lowest BCUT2D eigenvalue weighted by Crippen LogP contribution is -2.49. The molecular weight excluding hydrogens is 409 g/mol. The lowest BCUT2D eigenvalue weighted by atomic mass is 9.73. The molecule has 1 aromatic carbocycles. The molecule has 0 bridgehead atoms. The molecule has 1 spiro atoms. The van der Waals surface area contributed by atoms with E-state index in [4.69, 9.17) is 15.5 Å². The Balaban J connectivity index is 1.43. The first-order chi connectivity index (χ1) is 15.3. The quantitative estimate of drug-likeness (QED) is 0.795. The average Bonchev–Trinajstić information content (AvgIpc) is 3.34. The van der Waals surface area contributed by atoms with Crippen LogP contribution in [0.25, 0.3) is 0 Å². The maximum absolute atomic E-state index is 14.2. The Hall–Kier alpha value is -2.74. The molecule has 2 fully saturated rings. The number of aliphatic imine (C=N–C) groups is 1. The number of benzene rings is 1. The number of nitrogens with zero attached hydrogens (tertiary/aromatic N) is 4. The first kappa shape index (κ1) is 21.1. The maximum atomic E-state index is 14.2. The van der Waals surface area contributed by atoms with Crippen LogP contribution >= 0.6 is 0 Å². The smallest absolute Gasteiger partial charge is 0.264 e. The zero-order chi connectivity index (χ0) is 22.6. The molecule has 1 aromatic heterocycles. The Labute approximate surface area is 187 Å². The summed E-state index contributed by atoms with van der Waals surface area (Å²) in [6.07, 6.45) is 4.44. The summed E-state index contributed by atoms with van der Waals surface area (Å²) in [5, 5.41) is 0. The van der Waals surface area contributed by atoms with E-state index in [1.54, 1.807) is 23.7 Å². The molecule has 0 unspecified atom stereocenters. The summed E-state index contributed by atoms with van der Waals surface area (Å²) in [6.45, 7) is 4.26. The minimum atomic E-state index is -0.482. The molecule has 1 saturated heterocycles. The van der Waals surface area contributed by atoms with Crippen molar-refractivity contribution in [3.8, 4) is 5.75 Å². The zero-order valence-electron chi connectivity index (χ0n) is 18.9. The largest absolute Gasteiger partial charge is 0.494 e. The van der Waals surface area contributed by atoms with Gasteiger partial charge in [0.2, 0.25) is 5.95 Å². The van der Waals surface area contributed by atoms with Gasteiger partial charge in [-0.25, -0.2) is 9.37 Å². The van der Waals surface area contributed by atoms with Gasteiger partial charge in [-0.1, -0.05) is 6.92 Å². The number of methoxy groups -OCH3 is 1. The number of aromatic nitrogens is 2. The van der Waals surface area contributed by atoms with Crippen molar-refractivity contribution in [2.75, 3.05) is 25.1 Å². The SMILES string of the molecule is COc1ccc(C2=NCc3nc(N4CCC5(CC[C@@H](C)[C@H]5N)CC4)n(C)c(=O)c32)cc1F. The molecule has 8 heteroatoms. The van der Waals surface area contributed by atoms with E-state index in [0.717, 1.165) is 25.9 Å². The van der Waals surface area contributed by atoms with Crippen LogP contribution in [-0.2, 0) is 13.6 Å². The molecule has 3 aliphatic rings. The van der Waals surface area contributed by atoms with Gasteiger partial charge in [0.05, 0.1) is 30.6 Å². The zero-order valence-corrected chi connectivity index (χ0v) is 18.9. The standard InChI is InChI=1S/C24H30FN5O2/c1-14-6-7-24(21(14)26)8-10-30(11-9-24)23-28-17-13-27-20(19(17)22(31)29(23)2)15-4-5-18(32-3)16(25)12-15/h4-5,12,14,21H,6-11,13,26H2,1-3H3/t14-,21-/m1/s1. The number of halogens is 1. The monoisotopic (exact) mass is 439 g/mol. The molecule has 2 N–H and O–H groups in total. The van der Waals surface area contributed by atoms with Gasteiger partial charge in [-0.05, 0) is 55.2 Å². The van der Waals surface area contributed by atoms with Crippen molar-refractivity contribution in [2.24, 2.45) is 29.1 Å². The second kappa shape index (κ2) is 7.69. The van der Waals surface area contributed by atoms with Gasteiger partial charge >= 0.3 is 0 Å². The Bertz CT molecular complexity index is 1150. The predicted molar refractivity (Wildman–Crippen MR) is 122 cm³/mol. The van der Waals surface area contributed by atoms with E-state index in [1.165, 1.54) is 26.0 Å². The van der Waals surface area contributed by atoms with Gasteiger partial charge in [-0.15, -0.1) is 0 Å². The van der Waals surface area contributed by atoms with Crippen molar-refractivity contribution in [1.82, 2.24) is 9.55 Å². The third-order valence-corrected chi connectivity index (χ3v) is 7.85. The van der Waals surface area contributed by atoms with Crippen molar-refractivity contribution in [1.29, 1.82) is 0 Å². The minimum absolute atomic E-state index is 0.149. The molecule has 32 heavy (non-hydrogen) atoms. The van der Waals surface area contributed by atoms with Crippen LogP contribution in [0.3, 0.4) is 0 Å². The lowest BCUT2D eigenvalue weighted by Gasteiger charge is -2.43. The molecule has 170 valence electrons. The Kier molecular flexibility index (Phi) is 5.08. The van der Waals surface area contributed by atoms with Crippen LogP contribution in [0.1, 0.15) is 49.4 Å². The third-order valence-electron chi connectivity index (χ3n) is 7.85. The number of hydrogen-bond acceptors (Lipinski definition) is 6. The molecule has 0 radical (unpaired) electrons. The van der Waals surface area contributed by atoms with Crippen molar-refractivity contribution >= 4 is 11.7 Å². The van der Waals surface area contributed by atoms with Crippen LogP contribution in [0.2, 0.25) is 0 Å². The van der Waals surface area contributed by atoms with E-state index in [2.05, 4.69) is 16.8 Å². The summed E-state index contributed by atoms with van der Waals surface area (Å²) >= 11 is 0. The summed E-state index contributed by atoms with van der Waals surface area (Å²) in [5.74, 6) is 0.931. The highest BCUT2D eigenvalue weighted by atomic mass is 19.1. The highest BCUT2D eigenvalue weighted by Crippen LogP contribution is 2.48. The molecule has 1 saturated carbocycles. The number of hydrogen-bond donors (Lipinski definition) is 1. The van der Waals surface area contributed by atoms with Crippen molar-refractivity contribution in [3.05, 3.63) is 51.2 Å². The second-order valence-corrected chi connectivity index (χ2v) is 9.50. The number of nitrogens with two attached hydrogens (primary N) is 1. The van der Waals surface area contributed by atoms with Crippen LogP contribution in [0.4, 0.5) is 10.3 Å². The van der Waals surface area contributed by atoms with Crippen LogP contribution in [-0.4, -0.2) is 41.5 Å². The van der Waals surface area contributed by atoms with Gasteiger partial charge in [0.25, 0.3) is 5.56 Å². The summed E-state index contributed by atoms with van der Waals surface area (Å²) < 4.78 is 20.9. The van der Waals surface area contributed by atoms with Crippen molar-refractivity contribution in [3.63, 3.8) is 0 Å². The third kappa shape index (κ3) is 3.15. The van der Waals surface area contributed by atoms with E-state index >= 15 is 0 Å². The number of rotatable bonds is 3. The van der Waals surface area contributed by atoms with Gasteiger partial charge in [0.15, 0.2) is 11.6 Å². The van der Waals surface area contributed by atoms with E-state index in [1.807, 2.05) is 0 Å². The van der Waals surface area contributed by atoms with Gasteiger partial charge in [-0.2, -0.15) is 0 Å². The minimum Gasteiger partial charge on any atom is -0.494 e. The maximum Gasteiger partial charge on any atom is 0.264 e. The van der Waals surface area contributed by atoms with E-state index in [-0.39, 0.29) is 22.8 Å². The molecule has 2 atom stereocenters. The summed E-state index contributed by atoms with van der Waals surface area (Å²) in [4.78, 5) is 24.9. The predicted octanol–water partition coefficient (Wildman–Crippen LogP) is 2.62. The van der Waals surface area contributed by atoms with Gasteiger partial charge in [0, 0.05) is 31.7 Å². The number of ether oxygens (including phenoxy) is 1. The van der Waals surface area contributed by atoms with E-state index in [9.17, 15) is 9.18 Å². The van der Waals surface area contributed by atoms with E-state index < -0.39 is 5.82 Å².